The first-order valence-electron chi connectivity index (χ1n) is 12.8. The minimum absolute atomic E-state index is 0.105. The van der Waals surface area contributed by atoms with Gasteiger partial charge in [-0.2, -0.15) is 5.10 Å². The number of aromatic amines is 2. The number of hydrogen-bond acceptors (Lipinski definition) is 5. The highest BCUT2D eigenvalue weighted by Crippen LogP contribution is 2.29. The number of nitrogens with one attached hydrogen (secondary N) is 2. The Morgan fingerprint density at radius 1 is 1.20 bits per heavy atom. The van der Waals surface area contributed by atoms with E-state index in [9.17, 15) is 13.2 Å². The molecule has 10 heteroatoms. The Morgan fingerprint density at radius 2 is 2.08 bits per heavy atom. The third-order valence-corrected chi connectivity index (χ3v) is 7.06. The number of nitrogens with zero attached hydrogens (tertiary/aromatic N) is 5. The summed E-state index contributed by atoms with van der Waals surface area (Å²) < 4.78 is 41.0. The van der Waals surface area contributed by atoms with Crippen LogP contribution in [0.4, 0.5) is 13.2 Å². The molecule has 1 aliphatic heterocycles. The molecule has 0 aliphatic carbocycles. The minimum Gasteiger partial charge on any atom is -0.335 e. The van der Waals surface area contributed by atoms with Crippen molar-refractivity contribution in [2.75, 3.05) is 13.1 Å². The number of halogens is 3. The van der Waals surface area contributed by atoms with E-state index in [1.54, 1.807) is 29.6 Å². The van der Waals surface area contributed by atoms with E-state index in [1.807, 2.05) is 37.3 Å². The maximum absolute atomic E-state index is 13.8. The first-order chi connectivity index (χ1) is 19.3. The molecule has 40 heavy (non-hydrogen) atoms. The SMILES string of the molecule is C=c1c(-c2nc3nccc(-c4cccc(F)c4)c3[nH]2)n[nH]/c1=C/C=C(\C)c1cncc(CN2CCC(F)(F)C2)c1. The molecular weight excluding hydrogens is 515 g/mol. The minimum atomic E-state index is -2.62. The van der Waals surface area contributed by atoms with E-state index in [4.69, 9.17) is 0 Å². The molecule has 7 nitrogen and oxygen atoms in total. The Balaban J connectivity index is 1.26. The Morgan fingerprint density at radius 3 is 2.88 bits per heavy atom. The van der Waals surface area contributed by atoms with Crippen molar-refractivity contribution in [1.29, 1.82) is 0 Å². The highest BCUT2D eigenvalue weighted by molar-refractivity contribution is 5.91. The number of aromatic nitrogens is 6. The van der Waals surface area contributed by atoms with Gasteiger partial charge in [0, 0.05) is 48.9 Å². The summed E-state index contributed by atoms with van der Waals surface area (Å²) in [7, 11) is 0. The van der Waals surface area contributed by atoms with Crippen molar-refractivity contribution in [2.45, 2.75) is 25.8 Å². The van der Waals surface area contributed by atoms with Crippen molar-refractivity contribution in [2.24, 2.45) is 0 Å². The van der Waals surface area contributed by atoms with E-state index in [0.717, 1.165) is 22.3 Å². The number of fused-ring (bicyclic) bond motifs is 1. The Bertz CT molecular complexity index is 1850. The second-order valence-electron chi connectivity index (χ2n) is 10.0. The molecule has 5 aromatic rings. The van der Waals surface area contributed by atoms with Crippen LogP contribution in [0.5, 0.6) is 0 Å². The largest absolute Gasteiger partial charge is 0.335 e. The Hall–Kier alpha value is -4.57. The first-order valence-corrected chi connectivity index (χ1v) is 12.8. The highest BCUT2D eigenvalue weighted by atomic mass is 19.3. The van der Waals surface area contributed by atoms with Gasteiger partial charge >= 0.3 is 0 Å². The maximum Gasteiger partial charge on any atom is 0.261 e. The van der Waals surface area contributed by atoms with E-state index < -0.39 is 5.92 Å². The van der Waals surface area contributed by atoms with E-state index in [0.29, 0.717) is 51.9 Å². The molecule has 0 unspecified atom stereocenters. The van der Waals surface area contributed by atoms with Gasteiger partial charge in [0.05, 0.1) is 17.4 Å². The topological polar surface area (TPSA) is 86.4 Å². The van der Waals surface area contributed by atoms with Gasteiger partial charge in [-0.3, -0.25) is 15.0 Å². The molecule has 6 rings (SSSR count). The van der Waals surface area contributed by atoms with Crippen LogP contribution < -0.4 is 10.6 Å². The Kier molecular flexibility index (Phi) is 6.55. The van der Waals surface area contributed by atoms with E-state index in [1.165, 1.54) is 12.1 Å². The summed E-state index contributed by atoms with van der Waals surface area (Å²) in [5.74, 6) is -2.44. The van der Waals surface area contributed by atoms with Gasteiger partial charge in [0.1, 0.15) is 11.5 Å². The number of rotatable bonds is 6. The normalized spacial score (nSPS) is 16.3. The third-order valence-electron chi connectivity index (χ3n) is 7.06. The van der Waals surface area contributed by atoms with Crippen LogP contribution in [0.3, 0.4) is 0 Å². The van der Waals surface area contributed by atoms with Crippen molar-refractivity contribution in [3.8, 4) is 22.6 Å². The number of allylic oxidation sites excluding steroid dienone is 2. The van der Waals surface area contributed by atoms with Crippen molar-refractivity contribution >= 4 is 29.4 Å². The van der Waals surface area contributed by atoms with Gasteiger partial charge in [-0.05, 0) is 59.5 Å². The molecule has 0 bridgehead atoms. The van der Waals surface area contributed by atoms with E-state index >= 15 is 0 Å². The lowest BCUT2D eigenvalue weighted by molar-refractivity contribution is 0.0115. The van der Waals surface area contributed by atoms with Crippen molar-refractivity contribution < 1.29 is 13.2 Å². The zero-order chi connectivity index (χ0) is 27.9. The molecule has 1 fully saturated rings. The molecule has 0 atom stereocenters. The monoisotopic (exact) mass is 541 g/mol. The molecule has 1 aliphatic rings. The number of pyridine rings is 2. The van der Waals surface area contributed by atoms with Crippen LogP contribution in [0.2, 0.25) is 0 Å². The lowest BCUT2D eigenvalue weighted by Crippen LogP contribution is -2.24. The van der Waals surface area contributed by atoms with Gasteiger partial charge < -0.3 is 4.98 Å². The van der Waals surface area contributed by atoms with Crippen LogP contribution >= 0.6 is 0 Å². The number of alkyl halides is 2. The predicted molar refractivity (Wildman–Crippen MR) is 149 cm³/mol. The van der Waals surface area contributed by atoms with Crippen LogP contribution in [0.25, 0.3) is 52.0 Å². The fraction of sp³-hybridized carbons (Fsp3) is 0.200. The van der Waals surface area contributed by atoms with Gasteiger partial charge in [-0.25, -0.2) is 23.1 Å². The highest BCUT2D eigenvalue weighted by Gasteiger charge is 2.37. The Labute approximate surface area is 227 Å². The summed E-state index contributed by atoms with van der Waals surface area (Å²) in [4.78, 5) is 18.3. The van der Waals surface area contributed by atoms with Gasteiger partial charge in [0.25, 0.3) is 5.92 Å². The summed E-state index contributed by atoms with van der Waals surface area (Å²) in [6.45, 7) is 6.74. The fourth-order valence-electron chi connectivity index (χ4n) is 4.93. The average Bonchev–Trinajstić information content (AvgIpc) is 3.63. The summed E-state index contributed by atoms with van der Waals surface area (Å²) in [6.07, 6.45) is 8.81. The standard InChI is InChI=1S/C30H26F3N7/c1-18(22-12-20(14-34-15-22)16-40-11-9-30(32,33)17-40)6-7-25-19(2)26(39-38-25)29-36-27-24(8-10-35-28(27)37-29)21-4-3-5-23(31)13-21/h3-8,10,12-15,38H,2,9,11,16-17H2,1H3,(H,35,36,37)/b18-6+,25-7+. The molecule has 1 saturated heterocycles. The third kappa shape index (κ3) is 5.17. The van der Waals surface area contributed by atoms with Crippen LogP contribution in [-0.4, -0.2) is 54.0 Å². The van der Waals surface area contributed by atoms with Gasteiger partial charge in [0.2, 0.25) is 0 Å². The molecule has 5 heterocycles. The van der Waals surface area contributed by atoms with Crippen LogP contribution in [-0.2, 0) is 6.54 Å². The maximum atomic E-state index is 13.8. The number of hydrogen-bond donors (Lipinski definition) is 2. The molecule has 1 aromatic carbocycles. The van der Waals surface area contributed by atoms with Crippen LogP contribution in [0.15, 0.2) is 61.1 Å². The van der Waals surface area contributed by atoms with Crippen LogP contribution in [0.1, 0.15) is 24.5 Å². The average molecular weight is 542 g/mol. The second kappa shape index (κ2) is 10.2. The molecule has 0 saturated carbocycles. The van der Waals surface area contributed by atoms with Crippen molar-refractivity contribution in [3.63, 3.8) is 0 Å². The van der Waals surface area contributed by atoms with Gasteiger partial charge in [-0.1, -0.05) is 24.8 Å². The zero-order valence-corrected chi connectivity index (χ0v) is 21.8. The zero-order valence-electron chi connectivity index (χ0n) is 21.8. The van der Waals surface area contributed by atoms with E-state index in [-0.39, 0.29) is 18.8 Å². The molecule has 2 N–H and O–H groups in total. The smallest absolute Gasteiger partial charge is 0.261 e. The van der Waals surface area contributed by atoms with Crippen molar-refractivity contribution in [1.82, 2.24) is 35.0 Å². The quantitative estimate of drug-likeness (QED) is 0.326. The first kappa shape index (κ1) is 25.7. The predicted octanol–water partition coefficient (Wildman–Crippen LogP) is 4.68. The molecule has 0 amide bonds. The van der Waals surface area contributed by atoms with Crippen LogP contribution in [0, 0.1) is 5.82 Å². The summed E-state index contributed by atoms with van der Waals surface area (Å²) in [6, 6.07) is 10.1. The summed E-state index contributed by atoms with van der Waals surface area (Å²) in [5, 5.41) is 8.79. The lowest BCUT2D eigenvalue weighted by atomic mass is 10.1. The van der Waals surface area contributed by atoms with Gasteiger partial charge in [0.15, 0.2) is 11.5 Å². The summed E-state index contributed by atoms with van der Waals surface area (Å²) in [5.41, 5.74) is 5.95. The second-order valence-corrected chi connectivity index (χ2v) is 10.0. The number of H-pyrrole nitrogens is 2. The molecule has 202 valence electrons. The molecular formula is C30H26F3N7. The molecule has 0 radical (unpaired) electrons. The number of likely N-dealkylation sites (tertiary alicyclic amines) is 1. The van der Waals surface area contributed by atoms with E-state index in [2.05, 4.69) is 36.7 Å². The van der Waals surface area contributed by atoms with Gasteiger partial charge in [-0.15, -0.1) is 0 Å². The molecule has 4 aromatic heterocycles. The summed E-state index contributed by atoms with van der Waals surface area (Å²) >= 11 is 0. The molecule has 0 spiro atoms. The fourth-order valence-corrected chi connectivity index (χ4v) is 4.93. The van der Waals surface area contributed by atoms with Crippen molar-refractivity contribution in [3.05, 3.63) is 88.6 Å². The number of imidazole rings is 1. The lowest BCUT2D eigenvalue weighted by Gasteiger charge is -2.15. The number of benzene rings is 1.